The van der Waals surface area contributed by atoms with Crippen LogP contribution in [0.15, 0.2) is 24.3 Å². The van der Waals surface area contributed by atoms with Gasteiger partial charge in [-0.15, -0.1) is 0 Å². The van der Waals surface area contributed by atoms with Gasteiger partial charge in [-0.25, -0.2) is 9.37 Å². The molecule has 0 unspecified atom stereocenters. The van der Waals surface area contributed by atoms with E-state index in [1.54, 1.807) is 6.07 Å². The van der Waals surface area contributed by atoms with Gasteiger partial charge >= 0.3 is 0 Å². The number of aryl methyl sites for hydroxylation is 1. The summed E-state index contributed by atoms with van der Waals surface area (Å²) in [7, 11) is 0. The number of halogens is 2. The molecule has 0 fully saturated rings. The number of hydrogen-bond acceptors (Lipinski definition) is 4. The SMILES string of the molecule is CCCNc1cc(Oc2ccc(F)cc2Cl)nc(CC)n1. The van der Waals surface area contributed by atoms with Crippen molar-refractivity contribution in [2.24, 2.45) is 0 Å². The number of benzene rings is 1. The van der Waals surface area contributed by atoms with Gasteiger partial charge in [0, 0.05) is 19.0 Å². The molecule has 21 heavy (non-hydrogen) atoms. The first-order valence-electron chi connectivity index (χ1n) is 6.87. The number of hydrogen-bond donors (Lipinski definition) is 1. The molecule has 1 aromatic heterocycles. The minimum atomic E-state index is -0.408. The van der Waals surface area contributed by atoms with Gasteiger partial charge in [0.15, 0.2) is 0 Å². The van der Waals surface area contributed by atoms with E-state index in [0.717, 1.165) is 13.0 Å². The molecule has 0 radical (unpaired) electrons. The smallest absolute Gasteiger partial charge is 0.224 e. The number of anilines is 1. The van der Waals surface area contributed by atoms with E-state index in [-0.39, 0.29) is 5.02 Å². The van der Waals surface area contributed by atoms with E-state index >= 15 is 0 Å². The maximum atomic E-state index is 13.0. The van der Waals surface area contributed by atoms with Crippen LogP contribution >= 0.6 is 11.6 Å². The van der Waals surface area contributed by atoms with Gasteiger partial charge in [-0.1, -0.05) is 25.4 Å². The van der Waals surface area contributed by atoms with Crippen LogP contribution in [0.1, 0.15) is 26.1 Å². The van der Waals surface area contributed by atoms with Gasteiger partial charge in [-0.3, -0.25) is 0 Å². The highest BCUT2D eigenvalue weighted by Crippen LogP contribution is 2.29. The zero-order chi connectivity index (χ0) is 15.2. The number of aromatic nitrogens is 2. The fourth-order valence-corrected chi connectivity index (χ4v) is 1.90. The van der Waals surface area contributed by atoms with Gasteiger partial charge in [0.05, 0.1) is 5.02 Å². The zero-order valence-corrected chi connectivity index (χ0v) is 12.7. The summed E-state index contributed by atoms with van der Waals surface area (Å²) >= 11 is 5.95. The Labute approximate surface area is 128 Å². The minimum Gasteiger partial charge on any atom is -0.437 e. The largest absolute Gasteiger partial charge is 0.437 e. The van der Waals surface area contributed by atoms with Crippen molar-refractivity contribution in [2.75, 3.05) is 11.9 Å². The quantitative estimate of drug-likeness (QED) is 0.856. The Morgan fingerprint density at radius 3 is 2.71 bits per heavy atom. The molecule has 4 nitrogen and oxygen atoms in total. The lowest BCUT2D eigenvalue weighted by molar-refractivity contribution is 0.458. The average molecular weight is 310 g/mol. The van der Waals surface area contributed by atoms with Crippen molar-refractivity contribution in [2.45, 2.75) is 26.7 Å². The summed E-state index contributed by atoms with van der Waals surface area (Å²) in [4.78, 5) is 8.67. The van der Waals surface area contributed by atoms with Crippen LogP contribution in [0.4, 0.5) is 10.2 Å². The van der Waals surface area contributed by atoms with Crippen LogP contribution < -0.4 is 10.1 Å². The summed E-state index contributed by atoms with van der Waals surface area (Å²) < 4.78 is 18.7. The summed E-state index contributed by atoms with van der Waals surface area (Å²) in [5, 5.41) is 3.40. The molecule has 2 rings (SSSR count). The zero-order valence-electron chi connectivity index (χ0n) is 12.0. The molecule has 1 aromatic carbocycles. The molecule has 0 bridgehead atoms. The summed E-state index contributed by atoms with van der Waals surface area (Å²) in [5.41, 5.74) is 0. The standard InChI is InChI=1S/C15H17ClFN3O/c1-3-7-18-14-9-15(20-13(4-2)19-14)21-12-6-5-10(17)8-11(12)16/h5-6,8-9H,3-4,7H2,1-2H3,(H,18,19,20). The second kappa shape index (κ2) is 7.22. The molecule has 0 amide bonds. The highest BCUT2D eigenvalue weighted by atomic mass is 35.5. The Morgan fingerprint density at radius 1 is 1.24 bits per heavy atom. The van der Waals surface area contributed by atoms with Gasteiger partial charge in [-0.05, 0) is 24.6 Å². The molecule has 112 valence electrons. The Kier molecular flexibility index (Phi) is 5.33. The lowest BCUT2D eigenvalue weighted by atomic mass is 10.3. The van der Waals surface area contributed by atoms with E-state index in [9.17, 15) is 4.39 Å². The first-order valence-corrected chi connectivity index (χ1v) is 7.25. The Hall–Kier alpha value is -1.88. The molecule has 0 saturated heterocycles. The molecule has 0 aliphatic rings. The maximum absolute atomic E-state index is 13.0. The number of nitrogens with one attached hydrogen (secondary N) is 1. The van der Waals surface area contributed by atoms with Crippen LogP contribution in [0, 0.1) is 5.82 Å². The molecule has 0 aliphatic heterocycles. The van der Waals surface area contributed by atoms with E-state index in [4.69, 9.17) is 16.3 Å². The van der Waals surface area contributed by atoms with Crippen LogP contribution in [0.25, 0.3) is 0 Å². The van der Waals surface area contributed by atoms with Crippen molar-refractivity contribution < 1.29 is 9.13 Å². The minimum absolute atomic E-state index is 0.203. The van der Waals surface area contributed by atoms with Crippen LogP contribution in [-0.4, -0.2) is 16.5 Å². The molecular formula is C15H17ClFN3O. The highest BCUT2D eigenvalue weighted by Gasteiger charge is 2.09. The molecular weight excluding hydrogens is 293 g/mol. The lowest BCUT2D eigenvalue weighted by Gasteiger charge is -2.10. The van der Waals surface area contributed by atoms with Gasteiger partial charge in [-0.2, -0.15) is 4.98 Å². The van der Waals surface area contributed by atoms with Crippen molar-refractivity contribution in [3.8, 4) is 11.6 Å². The van der Waals surface area contributed by atoms with Crippen LogP contribution in [0.5, 0.6) is 11.6 Å². The summed E-state index contributed by atoms with van der Waals surface area (Å²) in [6.45, 7) is 4.86. The number of ether oxygens (including phenoxy) is 1. The van der Waals surface area contributed by atoms with Crippen molar-refractivity contribution in [1.29, 1.82) is 0 Å². The van der Waals surface area contributed by atoms with Gasteiger partial charge < -0.3 is 10.1 Å². The topological polar surface area (TPSA) is 47.0 Å². The van der Waals surface area contributed by atoms with Crippen molar-refractivity contribution in [3.63, 3.8) is 0 Å². The second-order valence-electron chi connectivity index (χ2n) is 4.46. The van der Waals surface area contributed by atoms with Crippen LogP contribution in [0.2, 0.25) is 5.02 Å². The number of rotatable bonds is 6. The average Bonchev–Trinajstić information content (AvgIpc) is 2.48. The van der Waals surface area contributed by atoms with E-state index in [1.807, 2.05) is 6.92 Å². The molecule has 2 aromatic rings. The van der Waals surface area contributed by atoms with Crippen LogP contribution in [-0.2, 0) is 6.42 Å². The highest BCUT2D eigenvalue weighted by molar-refractivity contribution is 6.32. The van der Waals surface area contributed by atoms with Crippen LogP contribution in [0.3, 0.4) is 0 Å². The molecule has 6 heteroatoms. The monoisotopic (exact) mass is 309 g/mol. The van der Waals surface area contributed by atoms with E-state index in [1.165, 1.54) is 18.2 Å². The Balaban J connectivity index is 2.25. The maximum Gasteiger partial charge on any atom is 0.224 e. The Bertz CT molecular complexity index is 622. The summed E-state index contributed by atoms with van der Waals surface area (Å²) in [5.74, 6) is 1.71. The fraction of sp³-hybridized carbons (Fsp3) is 0.333. The van der Waals surface area contributed by atoms with Crippen molar-refractivity contribution in [3.05, 3.63) is 40.9 Å². The van der Waals surface area contributed by atoms with E-state index in [0.29, 0.717) is 29.7 Å². The van der Waals surface area contributed by atoms with Crippen molar-refractivity contribution >= 4 is 17.4 Å². The van der Waals surface area contributed by atoms with Gasteiger partial charge in [0.2, 0.25) is 5.88 Å². The third-order valence-electron chi connectivity index (χ3n) is 2.73. The molecule has 1 N–H and O–H groups in total. The predicted octanol–water partition coefficient (Wildman–Crippen LogP) is 4.45. The molecule has 0 atom stereocenters. The molecule has 0 spiro atoms. The molecule has 0 saturated carbocycles. The first kappa shape index (κ1) is 15.5. The third kappa shape index (κ3) is 4.29. The number of nitrogens with zero attached hydrogens (tertiary/aromatic N) is 2. The molecule has 0 aliphatic carbocycles. The normalized spacial score (nSPS) is 10.5. The van der Waals surface area contributed by atoms with Gasteiger partial charge in [0.1, 0.15) is 23.2 Å². The van der Waals surface area contributed by atoms with Gasteiger partial charge in [0.25, 0.3) is 0 Å². The summed E-state index contributed by atoms with van der Waals surface area (Å²) in [6, 6.07) is 5.67. The fourth-order valence-electron chi connectivity index (χ4n) is 1.70. The second-order valence-corrected chi connectivity index (χ2v) is 4.87. The lowest BCUT2D eigenvalue weighted by Crippen LogP contribution is -2.05. The Morgan fingerprint density at radius 2 is 2.05 bits per heavy atom. The summed E-state index contributed by atoms with van der Waals surface area (Å²) in [6.07, 6.45) is 1.68. The van der Waals surface area contributed by atoms with E-state index < -0.39 is 5.82 Å². The molecule has 1 heterocycles. The predicted molar refractivity (Wildman–Crippen MR) is 81.7 cm³/mol. The van der Waals surface area contributed by atoms with Crippen molar-refractivity contribution in [1.82, 2.24) is 9.97 Å². The third-order valence-corrected chi connectivity index (χ3v) is 3.03. The van der Waals surface area contributed by atoms with E-state index in [2.05, 4.69) is 22.2 Å². The first-order chi connectivity index (χ1) is 10.1.